The van der Waals surface area contributed by atoms with Gasteiger partial charge in [-0.2, -0.15) is 0 Å². The van der Waals surface area contributed by atoms with E-state index in [0.717, 1.165) is 37.3 Å². The third-order valence-electron chi connectivity index (χ3n) is 4.80. The first-order valence-corrected chi connectivity index (χ1v) is 9.59. The highest BCUT2D eigenvalue weighted by atomic mass is 35.5. The van der Waals surface area contributed by atoms with Gasteiger partial charge in [-0.15, -0.1) is 24.8 Å². The van der Waals surface area contributed by atoms with E-state index in [1.54, 1.807) is 0 Å². The number of hydrogen-bond donors (Lipinski definition) is 2. The molecular weight excluding hydrogens is 409 g/mol. The zero-order chi connectivity index (χ0) is 19.2. The molecule has 2 aromatic carbocycles. The summed E-state index contributed by atoms with van der Waals surface area (Å²) >= 11 is 0. The van der Waals surface area contributed by atoms with Crippen LogP contribution in [0.2, 0.25) is 0 Å². The minimum Gasteiger partial charge on any atom is -0.399 e. The second kappa shape index (κ2) is 12.0. The number of carbonyl (C=O) groups excluding carboxylic acids is 1. The molecule has 160 valence electrons. The van der Waals surface area contributed by atoms with Crippen LogP contribution < -0.4 is 11.1 Å². The highest BCUT2D eigenvalue weighted by Gasteiger charge is 2.22. The fraction of sp³-hybridized carbons (Fsp3) is 0.409. The fourth-order valence-corrected chi connectivity index (χ4v) is 3.54. The van der Waals surface area contributed by atoms with Crippen LogP contribution in [0.3, 0.4) is 0 Å². The summed E-state index contributed by atoms with van der Waals surface area (Å²) in [5.74, 6) is -0.0365. The van der Waals surface area contributed by atoms with Gasteiger partial charge in [-0.1, -0.05) is 24.3 Å². The minimum atomic E-state index is -0.0365. The summed E-state index contributed by atoms with van der Waals surface area (Å²) in [6.45, 7) is 7.60. The molecule has 2 atom stereocenters. The summed E-state index contributed by atoms with van der Waals surface area (Å²) in [7, 11) is 0. The summed E-state index contributed by atoms with van der Waals surface area (Å²) in [5.41, 5.74) is 9.51. The summed E-state index contributed by atoms with van der Waals surface area (Å²) in [6, 6.07) is 15.6. The molecule has 2 unspecified atom stereocenters. The van der Waals surface area contributed by atoms with Gasteiger partial charge in [0, 0.05) is 37.4 Å². The number of ether oxygens (including phenoxy) is 1. The molecule has 0 bridgehead atoms. The summed E-state index contributed by atoms with van der Waals surface area (Å²) in [4.78, 5) is 14.7. The highest BCUT2D eigenvalue weighted by Crippen LogP contribution is 2.15. The van der Waals surface area contributed by atoms with Crippen molar-refractivity contribution in [1.29, 1.82) is 0 Å². The largest absolute Gasteiger partial charge is 0.399 e. The predicted octanol–water partition coefficient (Wildman–Crippen LogP) is 3.69. The molecular formula is C22H31Cl2N3O2. The molecule has 1 aliphatic rings. The van der Waals surface area contributed by atoms with Crippen molar-refractivity contribution in [3.8, 4) is 0 Å². The molecule has 1 aliphatic heterocycles. The number of nitrogens with zero attached hydrogens (tertiary/aromatic N) is 1. The maximum atomic E-state index is 12.3. The van der Waals surface area contributed by atoms with Crippen LogP contribution in [-0.2, 0) is 17.7 Å². The minimum absolute atomic E-state index is 0. The quantitative estimate of drug-likeness (QED) is 0.673. The van der Waals surface area contributed by atoms with Gasteiger partial charge in [0.1, 0.15) is 0 Å². The number of amides is 1. The number of benzene rings is 2. The SMILES string of the molecule is CC1CN(Cc2ccc(C(=O)NCCc3ccc(N)cc3)cc2)CC(C)O1.Cl.Cl. The molecule has 1 fully saturated rings. The second-order valence-corrected chi connectivity index (χ2v) is 7.40. The van der Waals surface area contributed by atoms with E-state index in [0.29, 0.717) is 12.1 Å². The Kier molecular flexibility index (Phi) is 10.5. The van der Waals surface area contributed by atoms with Crippen LogP contribution in [0.5, 0.6) is 0 Å². The zero-order valence-electron chi connectivity index (χ0n) is 17.0. The Morgan fingerprint density at radius 2 is 1.55 bits per heavy atom. The Labute approximate surface area is 185 Å². The van der Waals surface area contributed by atoms with Crippen molar-refractivity contribution in [3.63, 3.8) is 0 Å². The van der Waals surface area contributed by atoms with E-state index in [1.807, 2.05) is 48.5 Å². The molecule has 1 heterocycles. The Hall–Kier alpha value is -1.79. The molecule has 0 aromatic heterocycles. The number of nitrogens with one attached hydrogen (secondary N) is 1. The van der Waals surface area contributed by atoms with E-state index in [9.17, 15) is 4.79 Å². The van der Waals surface area contributed by atoms with Crippen LogP contribution in [0.25, 0.3) is 0 Å². The lowest BCUT2D eigenvalue weighted by Gasteiger charge is -2.35. The predicted molar refractivity (Wildman–Crippen MR) is 123 cm³/mol. The monoisotopic (exact) mass is 439 g/mol. The molecule has 7 heteroatoms. The van der Waals surface area contributed by atoms with Gasteiger partial charge in [-0.3, -0.25) is 9.69 Å². The molecule has 3 N–H and O–H groups in total. The average molecular weight is 440 g/mol. The molecule has 1 saturated heterocycles. The lowest BCUT2D eigenvalue weighted by molar-refractivity contribution is -0.0704. The molecule has 0 radical (unpaired) electrons. The van der Waals surface area contributed by atoms with Crippen molar-refractivity contribution in [2.24, 2.45) is 0 Å². The summed E-state index contributed by atoms with van der Waals surface area (Å²) < 4.78 is 5.78. The first-order chi connectivity index (χ1) is 13.0. The standard InChI is InChI=1S/C22H29N3O2.2ClH/c1-16-13-25(14-17(2)27-16)15-19-3-7-20(8-4-19)22(26)24-12-11-18-5-9-21(23)10-6-18;;/h3-10,16-17H,11-15,23H2,1-2H3,(H,24,26);2*1H. The first kappa shape index (κ1) is 25.2. The lowest BCUT2D eigenvalue weighted by atomic mass is 10.1. The van der Waals surface area contributed by atoms with Crippen LogP contribution in [0, 0.1) is 0 Å². The topological polar surface area (TPSA) is 67.6 Å². The molecule has 1 amide bonds. The molecule has 5 nitrogen and oxygen atoms in total. The van der Waals surface area contributed by atoms with Crippen LogP contribution in [0.1, 0.15) is 35.3 Å². The van der Waals surface area contributed by atoms with Gasteiger partial charge >= 0.3 is 0 Å². The van der Waals surface area contributed by atoms with Crippen LogP contribution >= 0.6 is 24.8 Å². The van der Waals surface area contributed by atoms with Crippen LogP contribution in [0.15, 0.2) is 48.5 Å². The van der Waals surface area contributed by atoms with Crippen molar-refractivity contribution in [2.75, 3.05) is 25.4 Å². The van der Waals surface area contributed by atoms with Crippen LogP contribution in [-0.4, -0.2) is 42.6 Å². The normalized spacial score (nSPS) is 19.0. The summed E-state index contributed by atoms with van der Waals surface area (Å²) in [6.07, 6.45) is 1.32. The smallest absolute Gasteiger partial charge is 0.251 e. The third kappa shape index (κ3) is 7.86. The van der Waals surface area contributed by atoms with E-state index in [4.69, 9.17) is 10.5 Å². The number of anilines is 1. The Balaban J connectivity index is 0.00000210. The zero-order valence-corrected chi connectivity index (χ0v) is 18.6. The number of carbonyl (C=O) groups is 1. The van der Waals surface area contributed by atoms with Gasteiger partial charge < -0.3 is 15.8 Å². The third-order valence-corrected chi connectivity index (χ3v) is 4.80. The lowest BCUT2D eigenvalue weighted by Crippen LogP contribution is -2.44. The van der Waals surface area contributed by atoms with E-state index < -0.39 is 0 Å². The summed E-state index contributed by atoms with van der Waals surface area (Å²) in [5, 5.41) is 2.98. The Bertz CT molecular complexity index is 744. The molecule has 0 spiro atoms. The van der Waals surface area contributed by atoms with Crippen molar-refractivity contribution in [3.05, 3.63) is 65.2 Å². The molecule has 29 heavy (non-hydrogen) atoms. The second-order valence-electron chi connectivity index (χ2n) is 7.40. The van der Waals surface area contributed by atoms with Gasteiger partial charge in [0.25, 0.3) is 5.91 Å². The van der Waals surface area contributed by atoms with Gasteiger partial charge in [-0.25, -0.2) is 0 Å². The molecule has 3 rings (SSSR count). The van der Waals surface area contributed by atoms with Gasteiger partial charge in [-0.05, 0) is 55.7 Å². The highest BCUT2D eigenvalue weighted by molar-refractivity contribution is 5.94. The number of morpholine rings is 1. The molecule has 2 aromatic rings. The molecule has 0 saturated carbocycles. The number of halogens is 2. The number of hydrogen-bond acceptors (Lipinski definition) is 4. The Morgan fingerprint density at radius 3 is 2.14 bits per heavy atom. The van der Waals surface area contributed by atoms with E-state index in [-0.39, 0.29) is 42.9 Å². The van der Waals surface area contributed by atoms with E-state index in [2.05, 4.69) is 24.1 Å². The maximum Gasteiger partial charge on any atom is 0.251 e. The van der Waals surface area contributed by atoms with Gasteiger partial charge in [0.15, 0.2) is 0 Å². The van der Waals surface area contributed by atoms with Crippen molar-refractivity contribution in [2.45, 2.75) is 39.0 Å². The van der Waals surface area contributed by atoms with Crippen LogP contribution in [0.4, 0.5) is 5.69 Å². The maximum absolute atomic E-state index is 12.3. The van der Waals surface area contributed by atoms with Gasteiger partial charge in [0.2, 0.25) is 0 Å². The number of nitrogen functional groups attached to an aromatic ring is 1. The van der Waals surface area contributed by atoms with Crippen molar-refractivity contribution >= 4 is 36.4 Å². The number of rotatable bonds is 6. The fourth-order valence-electron chi connectivity index (χ4n) is 3.54. The van der Waals surface area contributed by atoms with E-state index in [1.165, 1.54) is 5.56 Å². The van der Waals surface area contributed by atoms with Crippen molar-refractivity contribution in [1.82, 2.24) is 10.2 Å². The van der Waals surface area contributed by atoms with Gasteiger partial charge in [0.05, 0.1) is 12.2 Å². The van der Waals surface area contributed by atoms with E-state index >= 15 is 0 Å². The Morgan fingerprint density at radius 1 is 1.00 bits per heavy atom. The van der Waals surface area contributed by atoms with Crippen molar-refractivity contribution < 1.29 is 9.53 Å². The first-order valence-electron chi connectivity index (χ1n) is 9.59. The average Bonchev–Trinajstić information content (AvgIpc) is 2.63. The number of nitrogens with two attached hydrogens (primary N) is 1. The molecule has 0 aliphatic carbocycles.